The van der Waals surface area contributed by atoms with Crippen molar-refractivity contribution >= 4 is 35.6 Å². The fraction of sp³-hybridized carbons (Fsp3) is 0.571. The van der Waals surface area contributed by atoms with Crippen LogP contribution in [-0.2, 0) is 28.8 Å². The number of nitrogens with one attached hydrogen (secondary N) is 3. The lowest BCUT2D eigenvalue weighted by molar-refractivity contribution is -0.138. The fourth-order valence-corrected chi connectivity index (χ4v) is 1.90. The third kappa shape index (κ3) is 11.1. The summed E-state index contributed by atoms with van der Waals surface area (Å²) in [4.78, 5) is 67.9. The summed E-state index contributed by atoms with van der Waals surface area (Å²) in [6, 6.07) is -2.60. The Kier molecular flexibility index (Phi) is 10.7. The first-order valence-corrected chi connectivity index (χ1v) is 7.86. The maximum absolute atomic E-state index is 12.3. The number of carbonyl (C=O) groups is 6. The van der Waals surface area contributed by atoms with Crippen molar-refractivity contribution in [2.24, 2.45) is 11.5 Å². The van der Waals surface area contributed by atoms with Gasteiger partial charge < -0.3 is 37.6 Å². The molecule has 0 saturated carbocycles. The first kappa shape index (κ1) is 23.8. The van der Waals surface area contributed by atoms with E-state index in [1.807, 2.05) is 5.32 Å². The van der Waals surface area contributed by atoms with E-state index in [0.29, 0.717) is 0 Å². The van der Waals surface area contributed by atoms with E-state index in [9.17, 15) is 28.8 Å². The van der Waals surface area contributed by atoms with Crippen molar-refractivity contribution in [1.29, 1.82) is 0 Å². The molecule has 0 saturated heterocycles. The van der Waals surface area contributed by atoms with Crippen LogP contribution in [-0.4, -0.2) is 71.0 Å². The molecular weight excluding hydrogens is 366 g/mol. The summed E-state index contributed by atoms with van der Waals surface area (Å²) in [5.74, 6) is -5.77. The molecule has 0 aromatic rings. The number of carbonyl (C=O) groups excluding carboxylic acids is 4. The molecule has 0 aromatic carbocycles. The Morgan fingerprint density at radius 1 is 0.815 bits per heavy atom. The molecule has 0 rings (SSSR count). The number of aliphatic carboxylic acids is 2. The molecular formula is C14H23N5O8. The highest BCUT2D eigenvalue weighted by Crippen LogP contribution is 2.03. The van der Waals surface area contributed by atoms with Gasteiger partial charge in [-0.3, -0.25) is 28.8 Å². The minimum absolute atomic E-state index is 0.219. The summed E-state index contributed by atoms with van der Waals surface area (Å²) in [5.41, 5.74) is 10.1. The average Bonchev–Trinajstić information content (AvgIpc) is 2.58. The van der Waals surface area contributed by atoms with Crippen LogP contribution in [0, 0.1) is 0 Å². The SMILES string of the molecule is NCC(=O)NC(CCC(=O)O)C(=O)NC(CCC(N)=O)C(=O)NCC(=O)O. The summed E-state index contributed by atoms with van der Waals surface area (Å²) in [6.45, 7) is -1.16. The number of carboxylic acids is 2. The van der Waals surface area contributed by atoms with Gasteiger partial charge in [0.2, 0.25) is 23.6 Å². The minimum Gasteiger partial charge on any atom is -0.481 e. The van der Waals surface area contributed by atoms with Crippen molar-refractivity contribution in [3.05, 3.63) is 0 Å². The molecule has 0 radical (unpaired) electrons. The van der Waals surface area contributed by atoms with Crippen molar-refractivity contribution in [2.75, 3.05) is 13.1 Å². The van der Waals surface area contributed by atoms with Crippen LogP contribution in [0.3, 0.4) is 0 Å². The number of rotatable bonds is 13. The van der Waals surface area contributed by atoms with Crippen molar-refractivity contribution in [3.63, 3.8) is 0 Å². The predicted molar refractivity (Wildman–Crippen MR) is 88.9 cm³/mol. The largest absolute Gasteiger partial charge is 0.481 e. The molecule has 9 N–H and O–H groups in total. The van der Waals surface area contributed by atoms with Crippen LogP contribution in [0.1, 0.15) is 25.7 Å². The van der Waals surface area contributed by atoms with Gasteiger partial charge in [0, 0.05) is 12.8 Å². The van der Waals surface area contributed by atoms with E-state index in [1.165, 1.54) is 0 Å². The minimum atomic E-state index is -1.32. The van der Waals surface area contributed by atoms with Crippen LogP contribution in [0.2, 0.25) is 0 Å². The normalized spacial score (nSPS) is 12.3. The molecule has 2 unspecified atom stereocenters. The molecule has 2 atom stereocenters. The van der Waals surface area contributed by atoms with Gasteiger partial charge in [-0.25, -0.2) is 0 Å². The lowest BCUT2D eigenvalue weighted by Crippen LogP contribution is -2.55. The molecule has 4 amide bonds. The third-order valence-corrected chi connectivity index (χ3v) is 3.21. The van der Waals surface area contributed by atoms with Crippen LogP contribution < -0.4 is 27.4 Å². The Hall–Kier alpha value is -3.22. The van der Waals surface area contributed by atoms with Crippen molar-refractivity contribution < 1.29 is 39.0 Å². The maximum atomic E-state index is 12.3. The third-order valence-electron chi connectivity index (χ3n) is 3.21. The molecule has 0 heterocycles. The number of hydrogen-bond donors (Lipinski definition) is 7. The predicted octanol–water partition coefficient (Wildman–Crippen LogP) is -3.75. The highest BCUT2D eigenvalue weighted by atomic mass is 16.4. The molecule has 13 heteroatoms. The summed E-state index contributed by atoms with van der Waals surface area (Å²) < 4.78 is 0. The second-order valence-electron chi connectivity index (χ2n) is 5.43. The van der Waals surface area contributed by atoms with Crippen LogP contribution >= 0.6 is 0 Å². The summed E-state index contributed by atoms with van der Waals surface area (Å²) >= 11 is 0. The number of carboxylic acid groups (broad SMARTS) is 2. The lowest BCUT2D eigenvalue weighted by atomic mass is 10.1. The molecule has 0 aliphatic rings. The highest BCUT2D eigenvalue weighted by molar-refractivity contribution is 5.93. The zero-order valence-corrected chi connectivity index (χ0v) is 14.4. The fourth-order valence-electron chi connectivity index (χ4n) is 1.90. The summed E-state index contributed by atoms with van der Waals surface area (Å²) in [7, 11) is 0. The Labute approximate surface area is 153 Å². The zero-order chi connectivity index (χ0) is 21.0. The van der Waals surface area contributed by atoms with Crippen LogP contribution in [0.4, 0.5) is 0 Å². The average molecular weight is 389 g/mol. The number of primary amides is 1. The van der Waals surface area contributed by atoms with Crippen molar-refractivity contribution in [1.82, 2.24) is 16.0 Å². The van der Waals surface area contributed by atoms with E-state index in [4.69, 9.17) is 21.7 Å². The molecule has 0 spiro atoms. The van der Waals surface area contributed by atoms with Crippen molar-refractivity contribution in [2.45, 2.75) is 37.8 Å². The molecule has 13 nitrogen and oxygen atoms in total. The van der Waals surface area contributed by atoms with Gasteiger partial charge in [0.1, 0.15) is 18.6 Å². The van der Waals surface area contributed by atoms with Gasteiger partial charge in [-0.05, 0) is 12.8 Å². The van der Waals surface area contributed by atoms with Crippen LogP contribution in [0.15, 0.2) is 0 Å². The van der Waals surface area contributed by atoms with Crippen molar-refractivity contribution in [3.8, 4) is 0 Å². The topological polar surface area (TPSA) is 231 Å². The molecule has 0 bridgehead atoms. The highest BCUT2D eigenvalue weighted by Gasteiger charge is 2.27. The standard InChI is InChI=1S/C14H23N5O8/c15-5-10(21)18-8(2-4-11(22)23)14(27)19-7(1-3-9(16)20)13(26)17-6-12(24)25/h7-8H,1-6,15H2,(H2,16,20)(H,17,26)(H,18,21)(H,19,27)(H,22,23)(H,24,25). The molecule has 152 valence electrons. The van der Waals surface area contributed by atoms with Crippen LogP contribution in [0.5, 0.6) is 0 Å². The Balaban J connectivity index is 5.14. The van der Waals surface area contributed by atoms with E-state index >= 15 is 0 Å². The van der Waals surface area contributed by atoms with E-state index < -0.39 is 67.2 Å². The first-order valence-electron chi connectivity index (χ1n) is 7.86. The summed E-state index contributed by atoms with van der Waals surface area (Å²) in [5, 5.41) is 23.8. The lowest BCUT2D eigenvalue weighted by Gasteiger charge is -2.22. The van der Waals surface area contributed by atoms with E-state index in [-0.39, 0.29) is 19.3 Å². The maximum Gasteiger partial charge on any atom is 0.322 e. The number of nitrogens with two attached hydrogens (primary N) is 2. The van der Waals surface area contributed by atoms with Gasteiger partial charge in [-0.15, -0.1) is 0 Å². The summed E-state index contributed by atoms with van der Waals surface area (Å²) in [6.07, 6.45) is -1.21. The number of hydrogen-bond acceptors (Lipinski definition) is 7. The second kappa shape index (κ2) is 12.2. The Morgan fingerprint density at radius 3 is 1.85 bits per heavy atom. The van der Waals surface area contributed by atoms with Gasteiger partial charge in [0.25, 0.3) is 0 Å². The van der Waals surface area contributed by atoms with Gasteiger partial charge in [-0.1, -0.05) is 0 Å². The van der Waals surface area contributed by atoms with E-state index in [2.05, 4.69) is 10.6 Å². The van der Waals surface area contributed by atoms with Gasteiger partial charge in [0.15, 0.2) is 0 Å². The van der Waals surface area contributed by atoms with Gasteiger partial charge in [0.05, 0.1) is 6.54 Å². The van der Waals surface area contributed by atoms with E-state index in [1.54, 1.807) is 0 Å². The number of amides is 4. The van der Waals surface area contributed by atoms with Gasteiger partial charge in [-0.2, -0.15) is 0 Å². The molecule has 0 aromatic heterocycles. The van der Waals surface area contributed by atoms with Gasteiger partial charge >= 0.3 is 11.9 Å². The molecule has 0 aliphatic heterocycles. The molecule has 0 fully saturated rings. The smallest absolute Gasteiger partial charge is 0.322 e. The molecule has 27 heavy (non-hydrogen) atoms. The Bertz CT molecular complexity index is 594. The molecule has 0 aliphatic carbocycles. The Morgan fingerprint density at radius 2 is 1.37 bits per heavy atom. The first-order chi connectivity index (χ1) is 12.6. The monoisotopic (exact) mass is 389 g/mol. The quantitative estimate of drug-likeness (QED) is 0.164. The van der Waals surface area contributed by atoms with E-state index in [0.717, 1.165) is 0 Å². The zero-order valence-electron chi connectivity index (χ0n) is 14.4. The second-order valence-corrected chi connectivity index (χ2v) is 5.43. The van der Waals surface area contributed by atoms with Crippen LogP contribution in [0.25, 0.3) is 0 Å².